The maximum absolute atomic E-state index is 13.1. The first-order valence-electron chi connectivity index (χ1n) is 5.89. The molecule has 0 aromatic heterocycles. The highest BCUT2D eigenvalue weighted by Gasteiger charge is 2.26. The highest BCUT2D eigenvalue weighted by atomic mass is 19.1. The normalized spacial score (nSPS) is 11.1. The van der Waals surface area contributed by atoms with Crippen molar-refractivity contribution in [2.45, 2.75) is 33.3 Å². The van der Waals surface area contributed by atoms with Crippen LogP contribution in [0.3, 0.4) is 0 Å². The summed E-state index contributed by atoms with van der Waals surface area (Å²) in [5.41, 5.74) is 0.114. The molecule has 0 spiro atoms. The minimum absolute atomic E-state index is 0.359. The second kappa shape index (κ2) is 5.38. The van der Waals surface area contributed by atoms with Gasteiger partial charge < -0.3 is 9.64 Å². The number of esters is 1. The third-order valence-corrected chi connectivity index (χ3v) is 2.41. The van der Waals surface area contributed by atoms with Gasteiger partial charge >= 0.3 is 11.9 Å². The lowest BCUT2D eigenvalue weighted by Crippen LogP contribution is -2.38. The Hall–Kier alpha value is -1.91. The summed E-state index contributed by atoms with van der Waals surface area (Å²) in [6, 6.07) is 4.19. The van der Waals surface area contributed by atoms with Gasteiger partial charge in [0.05, 0.1) is 0 Å². The van der Waals surface area contributed by atoms with E-state index in [1.807, 2.05) is 0 Å². The SMILES string of the molecule is Cc1cc(N(C)C(=O)C(=O)OC(C)(C)C)ccc1F. The van der Waals surface area contributed by atoms with Gasteiger partial charge in [0.2, 0.25) is 0 Å². The molecular formula is C14H18FNO3. The summed E-state index contributed by atoms with van der Waals surface area (Å²) in [6.07, 6.45) is 0. The zero-order chi connectivity index (χ0) is 14.8. The number of benzene rings is 1. The topological polar surface area (TPSA) is 46.6 Å². The van der Waals surface area contributed by atoms with Crippen LogP contribution < -0.4 is 4.90 Å². The van der Waals surface area contributed by atoms with Crippen LogP contribution in [0.2, 0.25) is 0 Å². The Bertz CT molecular complexity index is 506. The fourth-order valence-corrected chi connectivity index (χ4v) is 1.41. The third kappa shape index (κ3) is 4.05. The van der Waals surface area contributed by atoms with Crippen molar-refractivity contribution in [3.05, 3.63) is 29.6 Å². The van der Waals surface area contributed by atoms with Crippen LogP contribution >= 0.6 is 0 Å². The molecular weight excluding hydrogens is 249 g/mol. The molecule has 0 saturated carbocycles. The first-order valence-corrected chi connectivity index (χ1v) is 5.89. The highest BCUT2D eigenvalue weighted by Crippen LogP contribution is 2.18. The van der Waals surface area contributed by atoms with Crippen LogP contribution in [0.15, 0.2) is 18.2 Å². The fraction of sp³-hybridized carbons (Fsp3) is 0.429. The smallest absolute Gasteiger partial charge is 0.397 e. The van der Waals surface area contributed by atoms with E-state index in [4.69, 9.17) is 4.74 Å². The van der Waals surface area contributed by atoms with Crippen LogP contribution in [0, 0.1) is 12.7 Å². The summed E-state index contributed by atoms with van der Waals surface area (Å²) in [5, 5.41) is 0. The molecule has 0 fully saturated rings. The van der Waals surface area contributed by atoms with Crippen molar-refractivity contribution >= 4 is 17.6 Å². The van der Waals surface area contributed by atoms with Gasteiger partial charge in [-0.05, 0) is 51.5 Å². The molecule has 0 N–H and O–H groups in total. The standard InChI is InChI=1S/C14H18FNO3/c1-9-8-10(6-7-11(9)15)16(5)12(17)13(18)19-14(2,3)4/h6-8H,1-5H3. The quantitative estimate of drug-likeness (QED) is 0.580. The number of ether oxygens (including phenoxy) is 1. The van der Waals surface area contributed by atoms with Crippen molar-refractivity contribution in [2.75, 3.05) is 11.9 Å². The average molecular weight is 267 g/mol. The van der Waals surface area contributed by atoms with Crippen LogP contribution in [-0.4, -0.2) is 24.5 Å². The van der Waals surface area contributed by atoms with Crippen LogP contribution in [0.1, 0.15) is 26.3 Å². The monoisotopic (exact) mass is 267 g/mol. The van der Waals surface area contributed by atoms with Gasteiger partial charge in [-0.25, -0.2) is 9.18 Å². The largest absolute Gasteiger partial charge is 0.453 e. The number of amides is 1. The van der Waals surface area contributed by atoms with Crippen molar-refractivity contribution in [1.29, 1.82) is 0 Å². The van der Waals surface area contributed by atoms with Crippen molar-refractivity contribution < 1.29 is 18.7 Å². The predicted molar refractivity (Wildman–Crippen MR) is 70.4 cm³/mol. The van der Waals surface area contributed by atoms with Gasteiger partial charge in [-0.3, -0.25) is 4.79 Å². The zero-order valence-corrected chi connectivity index (χ0v) is 11.8. The Labute approximate surface area is 112 Å². The predicted octanol–water partition coefficient (Wildman–Crippen LogP) is 2.44. The van der Waals surface area contributed by atoms with Crippen LogP contribution in [0.25, 0.3) is 0 Å². The summed E-state index contributed by atoms with van der Waals surface area (Å²) >= 11 is 0. The summed E-state index contributed by atoms with van der Waals surface area (Å²) in [5.74, 6) is -2.08. The number of likely N-dealkylation sites (N-methyl/N-ethyl adjacent to an activating group) is 1. The number of carbonyl (C=O) groups is 2. The van der Waals surface area contributed by atoms with Crippen LogP contribution in [0.4, 0.5) is 10.1 Å². The Morgan fingerprint density at radius 3 is 2.32 bits per heavy atom. The molecule has 0 radical (unpaired) electrons. The van der Waals surface area contributed by atoms with Gasteiger partial charge in [0.25, 0.3) is 0 Å². The molecule has 104 valence electrons. The fourth-order valence-electron chi connectivity index (χ4n) is 1.41. The molecule has 0 unspecified atom stereocenters. The van der Waals surface area contributed by atoms with Crippen molar-refractivity contribution in [3.8, 4) is 0 Å². The molecule has 0 aliphatic rings. The molecule has 0 aliphatic heterocycles. The van der Waals surface area contributed by atoms with E-state index in [0.717, 1.165) is 4.90 Å². The molecule has 19 heavy (non-hydrogen) atoms. The van der Waals surface area contributed by atoms with Crippen molar-refractivity contribution in [3.63, 3.8) is 0 Å². The Morgan fingerprint density at radius 1 is 1.26 bits per heavy atom. The van der Waals surface area contributed by atoms with Crippen molar-refractivity contribution in [1.82, 2.24) is 0 Å². The number of nitrogens with zero attached hydrogens (tertiary/aromatic N) is 1. The zero-order valence-electron chi connectivity index (χ0n) is 11.8. The number of hydrogen-bond donors (Lipinski definition) is 0. The number of anilines is 1. The summed E-state index contributed by atoms with van der Waals surface area (Å²) in [4.78, 5) is 24.7. The number of rotatable bonds is 1. The van der Waals surface area contributed by atoms with E-state index >= 15 is 0 Å². The molecule has 1 rings (SSSR count). The maximum atomic E-state index is 13.1. The molecule has 0 atom stereocenters. The Kier molecular flexibility index (Phi) is 4.29. The van der Waals surface area contributed by atoms with Crippen LogP contribution in [0.5, 0.6) is 0 Å². The number of aryl methyl sites for hydroxylation is 1. The molecule has 0 saturated heterocycles. The number of hydrogen-bond acceptors (Lipinski definition) is 3. The molecule has 1 amide bonds. The number of carbonyl (C=O) groups excluding carboxylic acids is 2. The summed E-state index contributed by atoms with van der Waals surface area (Å²) in [7, 11) is 1.44. The minimum Gasteiger partial charge on any atom is -0.453 e. The lowest BCUT2D eigenvalue weighted by atomic mass is 10.2. The Morgan fingerprint density at radius 2 is 1.84 bits per heavy atom. The Balaban J connectivity index is 2.87. The lowest BCUT2D eigenvalue weighted by Gasteiger charge is -2.22. The lowest BCUT2D eigenvalue weighted by molar-refractivity contribution is -0.162. The molecule has 0 heterocycles. The molecule has 5 heteroatoms. The highest BCUT2D eigenvalue weighted by molar-refractivity contribution is 6.38. The third-order valence-electron chi connectivity index (χ3n) is 2.41. The van der Waals surface area contributed by atoms with Gasteiger partial charge in [0, 0.05) is 12.7 Å². The maximum Gasteiger partial charge on any atom is 0.397 e. The second-order valence-electron chi connectivity index (χ2n) is 5.30. The summed E-state index contributed by atoms with van der Waals surface area (Å²) in [6.45, 7) is 6.63. The van der Waals surface area contributed by atoms with E-state index in [9.17, 15) is 14.0 Å². The minimum atomic E-state index is -0.933. The van der Waals surface area contributed by atoms with E-state index in [0.29, 0.717) is 11.3 Å². The molecule has 1 aromatic carbocycles. The first kappa shape index (κ1) is 15.1. The van der Waals surface area contributed by atoms with Gasteiger partial charge in [-0.1, -0.05) is 0 Å². The van der Waals surface area contributed by atoms with Crippen LogP contribution in [-0.2, 0) is 14.3 Å². The van der Waals surface area contributed by atoms with E-state index in [2.05, 4.69) is 0 Å². The van der Waals surface area contributed by atoms with E-state index in [-0.39, 0.29) is 5.82 Å². The van der Waals surface area contributed by atoms with Gasteiger partial charge in [-0.15, -0.1) is 0 Å². The van der Waals surface area contributed by atoms with E-state index in [1.54, 1.807) is 27.7 Å². The van der Waals surface area contributed by atoms with Gasteiger partial charge in [0.15, 0.2) is 0 Å². The molecule has 0 aliphatic carbocycles. The van der Waals surface area contributed by atoms with Crippen molar-refractivity contribution in [2.24, 2.45) is 0 Å². The number of halogens is 1. The second-order valence-corrected chi connectivity index (χ2v) is 5.30. The van der Waals surface area contributed by atoms with E-state index in [1.165, 1.54) is 25.2 Å². The van der Waals surface area contributed by atoms with Gasteiger partial charge in [-0.2, -0.15) is 0 Å². The van der Waals surface area contributed by atoms with Gasteiger partial charge in [0.1, 0.15) is 11.4 Å². The molecule has 4 nitrogen and oxygen atoms in total. The molecule has 1 aromatic rings. The first-order chi connectivity index (χ1) is 8.61. The van der Waals surface area contributed by atoms with E-state index < -0.39 is 17.5 Å². The molecule has 0 bridgehead atoms. The summed E-state index contributed by atoms with van der Waals surface area (Å²) < 4.78 is 18.1. The average Bonchev–Trinajstić information content (AvgIpc) is 2.28.